The van der Waals surface area contributed by atoms with Crippen molar-refractivity contribution in [3.63, 3.8) is 0 Å². The lowest BCUT2D eigenvalue weighted by Gasteiger charge is -2.22. The summed E-state index contributed by atoms with van der Waals surface area (Å²) in [6.07, 6.45) is 3.54. The van der Waals surface area contributed by atoms with E-state index in [1.165, 1.54) is 5.56 Å². The number of nitrogens with zero attached hydrogens (tertiary/aromatic N) is 2. The Morgan fingerprint density at radius 3 is 2.72 bits per heavy atom. The molecule has 3 heterocycles. The maximum absolute atomic E-state index is 5.87. The SMILES string of the molecule is CC1OCC2ON(C)C(c3ccncc3)C2CO1. The minimum Gasteiger partial charge on any atom is -0.353 e. The smallest absolute Gasteiger partial charge is 0.154 e. The number of ether oxygens (including phenoxy) is 2. The monoisotopic (exact) mass is 250 g/mol. The normalized spacial score (nSPS) is 37.2. The zero-order chi connectivity index (χ0) is 12.5. The maximum Gasteiger partial charge on any atom is 0.154 e. The molecule has 2 fully saturated rings. The highest BCUT2D eigenvalue weighted by molar-refractivity contribution is 5.17. The molecule has 0 spiro atoms. The molecule has 4 atom stereocenters. The second kappa shape index (κ2) is 4.93. The fourth-order valence-corrected chi connectivity index (χ4v) is 2.73. The van der Waals surface area contributed by atoms with Gasteiger partial charge in [-0.1, -0.05) is 0 Å². The second-order valence-corrected chi connectivity index (χ2v) is 4.81. The Hall–Kier alpha value is -1.01. The van der Waals surface area contributed by atoms with Gasteiger partial charge in [0, 0.05) is 25.4 Å². The predicted octanol–water partition coefficient (Wildman–Crippen LogP) is 1.38. The quantitative estimate of drug-likeness (QED) is 0.753. The number of fused-ring (bicyclic) bond motifs is 1. The van der Waals surface area contributed by atoms with Crippen molar-refractivity contribution in [1.82, 2.24) is 10.0 Å². The molecule has 3 rings (SSSR count). The summed E-state index contributed by atoms with van der Waals surface area (Å²) in [6.45, 7) is 3.16. The summed E-state index contributed by atoms with van der Waals surface area (Å²) >= 11 is 0. The molecule has 0 bridgehead atoms. The Morgan fingerprint density at radius 1 is 1.22 bits per heavy atom. The van der Waals surface area contributed by atoms with Gasteiger partial charge in [-0.2, -0.15) is 5.06 Å². The van der Waals surface area contributed by atoms with Gasteiger partial charge in [0.25, 0.3) is 0 Å². The van der Waals surface area contributed by atoms with Gasteiger partial charge in [0.2, 0.25) is 0 Å². The summed E-state index contributed by atoms with van der Waals surface area (Å²) in [5, 5.41) is 1.91. The van der Waals surface area contributed by atoms with E-state index in [0.29, 0.717) is 19.1 Å². The molecular formula is C13H18N2O3. The fourth-order valence-electron chi connectivity index (χ4n) is 2.73. The van der Waals surface area contributed by atoms with Gasteiger partial charge in [-0.25, -0.2) is 0 Å². The van der Waals surface area contributed by atoms with E-state index in [0.717, 1.165) is 0 Å². The minimum absolute atomic E-state index is 0.0677. The predicted molar refractivity (Wildman–Crippen MR) is 64.5 cm³/mol. The first-order valence-corrected chi connectivity index (χ1v) is 6.28. The summed E-state index contributed by atoms with van der Waals surface area (Å²) < 4.78 is 11.2. The molecule has 2 saturated heterocycles. The van der Waals surface area contributed by atoms with Crippen LogP contribution in [0.1, 0.15) is 18.5 Å². The lowest BCUT2D eigenvalue weighted by atomic mass is 9.91. The Labute approximate surface area is 107 Å². The van der Waals surface area contributed by atoms with E-state index in [1.54, 1.807) is 0 Å². The first kappa shape index (κ1) is 12.0. The van der Waals surface area contributed by atoms with Crippen molar-refractivity contribution < 1.29 is 14.3 Å². The third-order valence-electron chi connectivity index (χ3n) is 3.64. The van der Waals surface area contributed by atoms with E-state index in [1.807, 2.05) is 43.6 Å². The number of hydroxylamine groups is 2. The molecule has 18 heavy (non-hydrogen) atoms. The van der Waals surface area contributed by atoms with Crippen LogP contribution in [0, 0.1) is 5.92 Å². The van der Waals surface area contributed by atoms with E-state index in [9.17, 15) is 0 Å². The number of aromatic nitrogens is 1. The van der Waals surface area contributed by atoms with Crippen molar-refractivity contribution in [2.24, 2.45) is 5.92 Å². The average Bonchev–Trinajstić information content (AvgIpc) is 2.60. The van der Waals surface area contributed by atoms with E-state index in [-0.39, 0.29) is 18.4 Å². The lowest BCUT2D eigenvalue weighted by Crippen LogP contribution is -2.25. The lowest BCUT2D eigenvalue weighted by molar-refractivity contribution is -0.180. The highest BCUT2D eigenvalue weighted by Gasteiger charge is 2.44. The summed E-state index contributed by atoms with van der Waals surface area (Å²) in [6, 6.07) is 4.26. The molecule has 0 radical (unpaired) electrons. The van der Waals surface area contributed by atoms with Crippen molar-refractivity contribution >= 4 is 0 Å². The van der Waals surface area contributed by atoms with Gasteiger partial charge in [0.1, 0.15) is 6.10 Å². The van der Waals surface area contributed by atoms with E-state index < -0.39 is 0 Å². The number of hydrogen-bond acceptors (Lipinski definition) is 5. The molecule has 5 heteroatoms. The van der Waals surface area contributed by atoms with Gasteiger partial charge in [0.15, 0.2) is 6.29 Å². The van der Waals surface area contributed by atoms with Gasteiger partial charge >= 0.3 is 0 Å². The van der Waals surface area contributed by atoms with Crippen molar-refractivity contribution in [2.45, 2.75) is 25.4 Å². The Morgan fingerprint density at radius 2 is 1.94 bits per heavy atom. The molecule has 98 valence electrons. The van der Waals surface area contributed by atoms with Crippen LogP contribution in [0.4, 0.5) is 0 Å². The first-order valence-electron chi connectivity index (χ1n) is 6.28. The van der Waals surface area contributed by atoms with E-state index in [2.05, 4.69) is 4.98 Å². The Kier molecular flexibility index (Phi) is 3.30. The molecule has 5 nitrogen and oxygen atoms in total. The van der Waals surface area contributed by atoms with Crippen LogP contribution in [-0.2, 0) is 14.3 Å². The largest absolute Gasteiger partial charge is 0.353 e. The van der Waals surface area contributed by atoms with Gasteiger partial charge < -0.3 is 9.47 Å². The molecule has 4 unspecified atom stereocenters. The second-order valence-electron chi connectivity index (χ2n) is 4.81. The zero-order valence-electron chi connectivity index (χ0n) is 10.7. The molecule has 0 N–H and O–H groups in total. The third-order valence-corrected chi connectivity index (χ3v) is 3.64. The first-order chi connectivity index (χ1) is 8.75. The average molecular weight is 250 g/mol. The summed E-state index contributed by atoms with van der Waals surface area (Å²) in [4.78, 5) is 9.93. The third kappa shape index (κ3) is 2.14. The van der Waals surface area contributed by atoms with Crippen molar-refractivity contribution in [1.29, 1.82) is 0 Å². The molecule has 1 aromatic heterocycles. The molecule has 0 saturated carbocycles. The molecule has 0 aromatic carbocycles. The summed E-state index contributed by atoms with van der Waals surface area (Å²) in [5.74, 6) is 0.294. The molecule has 2 aliphatic rings. The van der Waals surface area contributed by atoms with Crippen LogP contribution in [0.25, 0.3) is 0 Å². The van der Waals surface area contributed by atoms with Crippen LogP contribution in [0.2, 0.25) is 0 Å². The van der Waals surface area contributed by atoms with E-state index in [4.69, 9.17) is 14.3 Å². The Bertz CT molecular complexity index is 400. The van der Waals surface area contributed by atoms with Crippen LogP contribution in [-0.4, -0.2) is 42.7 Å². The van der Waals surface area contributed by atoms with Crippen molar-refractivity contribution in [2.75, 3.05) is 20.3 Å². The van der Waals surface area contributed by atoms with Crippen LogP contribution < -0.4 is 0 Å². The highest BCUT2D eigenvalue weighted by atomic mass is 16.7. The van der Waals surface area contributed by atoms with Crippen LogP contribution in [0.3, 0.4) is 0 Å². The molecule has 1 aromatic rings. The van der Waals surface area contributed by atoms with Crippen molar-refractivity contribution in [3.05, 3.63) is 30.1 Å². The minimum atomic E-state index is -0.150. The van der Waals surface area contributed by atoms with E-state index >= 15 is 0 Å². The molecule has 2 aliphatic heterocycles. The molecule has 0 aliphatic carbocycles. The van der Waals surface area contributed by atoms with Gasteiger partial charge in [-0.3, -0.25) is 9.82 Å². The maximum atomic E-state index is 5.87. The zero-order valence-corrected chi connectivity index (χ0v) is 10.7. The summed E-state index contributed by atoms with van der Waals surface area (Å²) in [5.41, 5.74) is 1.21. The number of hydrogen-bond donors (Lipinski definition) is 0. The van der Waals surface area contributed by atoms with Gasteiger partial charge in [-0.15, -0.1) is 0 Å². The standard InChI is InChI=1S/C13H18N2O3/c1-9-16-7-11-12(8-17-9)18-15(2)13(11)10-3-5-14-6-4-10/h3-6,9,11-13H,7-8H2,1-2H3. The highest BCUT2D eigenvalue weighted by Crippen LogP contribution is 2.39. The molecule has 0 amide bonds. The fraction of sp³-hybridized carbons (Fsp3) is 0.615. The number of pyridine rings is 1. The topological polar surface area (TPSA) is 43.8 Å². The van der Waals surface area contributed by atoms with Gasteiger partial charge in [0.05, 0.1) is 19.3 Å². The number of rotatable bonds is 1. The Balaban J connectivity index is 1.85. The van der Waals surface area contributed by atoms with Gasteiger partial charge in [-0.05, 0) is 24.6 Å². The van der Waals surface area contributed by atoms with Crippen molar-refractivity contribution in [3.8, 4) is 0 Å². The summed E-state index contributed by atoms with van der Waals surface area (Å²) in [7, 11) is 1.96. The van der Waals surface area contributed by atoms with Crippen LogP contribution in [0.5, 0.6) is 0 Å². The van der Waals surface area contributed by atoms with Crippen LogP contribution in [0.15, 0.2) is 24.5 Å². The van der Waals surface area contributed by atoms with Crippen LogP contribution >= 0.6 is 0 Å². The molecular weight excluding hydrogens is 232 g/mol.